The number of furan rings is 1. The number of ether oxygens (including phenoxy) is 3. The van der Waals surface area contributed by atoms with Crippen molar-refractivity contribution in [3.63, 3.8) is 0 Å². The Bertz CT molecular complexity index is 1210. The molecule has 2 atom stereocenters. The molecule has 3 aromatic rings. The van der Waals surface area contributed by atoms with E-state index in [0.717, 1.165) is 70.0 Å². The molecule has 0 unspecified atom stereocenters. The van der Waals surface area contributed by atoms with Gasteiger partial charge in [-0.25, -0.2) is 5.01 Å². The summed E-state index contributed by atoms with van der Waals surface area (Å²) < 4.78 is 25.1. The maximum atomic E-state index is 6.50. The molecule has 0 N–H and O–H groups in total. The number of aryl methyl sites for hydroxylation is 1. The molecule has 6 nitrogen and oxygen atoms in total. The highest BCUT2D eigenvalue weighted by Crippen LogP contribution is 2.49. The van der Waals surface area contributed by atoms with E-state index in [9.17, 15) is 0 Å². The van der Waals surface area contributed by atoms with Crippen molar-refractivity contribution in [1.82, 2.24) is 5.01 Å². The van der Waals surface area contributed by atoms with Crippen LogP contribution >= 0.6 is 15.9 Å². The van der Waals surface area contributed by atoms with Crippen molar-refractivity contribution < 1.29 is 18.6 Å². The lowest BCUT2D eigenvalue weighted by atomic mass is 9.97. The number of nitrogens with zero attached hydrogens (tertiary/aromatic N) is 2. The van der Waals surface area contributed by atoms with Gasteiger partial charge in [0.1, 0.15) is 23.0 Å². The van der Waals surface area contributed by atoms with Gasteiger partial charge >= 0.3 is 0 Å². The summed E-state index contributed by atoms with van der Waals surface area (Å²) in [6.45, 7) is 4.81. The first-order valence-corrected chi connectivity index (χ1v) is 12.6. The quantitative estimate of drug-likeness (QED) is 0.292. The average molecular weight is 525 g/mol. The lowest BCUT2D eigenvalue weighted by Crippen LogP contribution is -2.33. The first-order chi connectivity index (χ1) is 16.6. The fourth-order valence-electron chi connectivity index (χ4n) is 4.51. The van der Waals surface area contributed by atoms with Gasteiger partial charge in [-0.05, 0) is 61.9 Å². The zero-order valence-corrected chi connectivity index (χ0v) is 21.3. The standard InChI is InChI=1S/C27H29BrN2O4/c1-4-5-6-13-32-25-11-8-18(14-26(25)31-3)27-30-22(20-15-19(28)9-12-23(20)34-27)16-21(29-30)24-10-7-17(2)33-24/h7-12,14-15,22,27H,4-6,13,16H2,1-3H3/t22-,27+/m0/s1. The van der Waals surface area contributed by atoms with Crippen molar-refractivity contribution in [2.75, 3.05) is 13.7 Å². The molecule has 5 rings (SSSR count). The molecule has 2 aliphatic heterocycles. The van der Waals surface area contributed by atoms with Crippen LogP contribution in [0.1, 0.15) is 67.5 Å². The lowest BCUT2D eigenvalue weighted by molar-refractivity contribution is -0.0192. The molecule has 178 valence electrons. The van der Waals surface area contributed by atoms with E-state index >= 15 is 0 Å². The van der Waals surface area contributed by atoms with Crippen LogP contribution in [0.2, 0.25) is 0 Å². The van der Waals surface area contributed by atoms with Gasteiger partial charge in [-0.3, -0.25) is 0 Å². The zero-order valence-electron chi connectivity index (χ0n) is 19.7. The van der Waals surface area contributed by atoms with Crippen molar-refractivity contribution >= 4 is 21.6 Å². The molecule has 0 bridgehead atoms. The summed E-state index contributed by atoms with van der Waals surface area (Å²) in [5.74, 6) is 3.98. The number of methoxy groups -OCH3 is 1. The second-order valence-electron chi connectivity index (χ2n) is 8.68. The summed E-state index contributed by atoms with van der Waals surface area (Å²) in [7, 11) is 1.67. The summed E-state index contributed by atoms with van der Waals surface area (Å²) in [5.41, 5.74) is 2.98. The number of rotatable bonds is 8. The molecule has 2 aromatic carbocycles. The van der Waals surface area contributed by atoms with Crippen LogP contribution in [0.25, 0.3) is 0 Å². The Morgan fingerprint density at radius 3 is 2.74 bits per heavy atom. The molecule has 34 heavy (non-hydrogen) atoms. The van der Waals surface area contributed by atoms with Crippen LogP contribution in [-0.2, 0) is 0 Å². The summed E-state index contributed by atoms with van der Waals surface area (Å²) in [5, 5.41) is 7.01. The normalized spacial score (nSPS) is 18.7. The van der Waals surface area contributed by atoms with Crippen LogP contribution in [0.3, 0.4) is 0 Å². The predicted molar refractivity (Wildman–Crippen MR) is 135 cm³/mol. The molecule has 0 saturated heterocycles. The lowest BCUT2D eigenvalue weighted by Gasteiger charge is -2.38. The van der Waals surface area contributed by atoms with Crippen LogP contribution < -0.4 is 14.2 Å². The highest BCUT2D eigenvalue weighted by molar-refractivity contribution is 9.10. The summed E-state index contributed by atoms with van der Waals surface area (Å²) >= 11 is 3.61. The SMILES string of the molecule is CCCCCOc1ccc([C@H]2Oc3ccc(Br)cc3[C@@H]3CC(c4ccc(C)o4)=NN23)cc1OC. The second kappa shape index (κ2) is 9.74. The van der Waals surface area contributed by atoms with Crippen molar-refractivity contribution in [1.29, 1.82) is 0 Å². The molecule has 0 amide bonds. The van der Waals surface area contributed by atoms with E-state index in [2.05, 4.69) is 28.9 Å². The molecule has 1 aromatic heterocycles. The van der Waals surface area contributed by atoms with Gasteiger partial charge in [0, 0.05) is 22.0 Å². The van der Waals surface area contributed by atoms with E-state index in [1.54, 1.807) is 7.11 Å². The van der Waals surface area contributed by atoms with Crippen molar-refractivity contribution in [3.8, 4) is 17.2 Å². The number of benzene rings is 2. The molecule has 3 heterocycles. The number of hydrazone groups is 1. The number of unbranched alkanes of at least 4 members (excludes halogenated alkanes) is 2. The molecule has 0 spiro atoms. The van der Waals surface area contributed by atoms with Gasteiger partial charge in [-0.15, -0.1) is 0 Å². The fraction of sp³-hybridized carbons (Fsp3) is 0.370. The molecular weight excluding hydrogens is 496 g/mol. The first-order valence-electron chi connectivity index (χ1n) is 11.8. The van der Waals surface area contributed by atoms with E-state index in [-0.39, 0.29) is 6.04 Å². The van der Waals surface area contributed by atoms with Crippen molar-refractivity contribution in [3.05, 3.63) is 75.7 Å². The van der Waals surface area contributed by atoms with Gasteiger partial charge in [0.15, 0.2) is 11.5 Å². The van der Waals surface area contributed by atoms with Gasteiger partial charge in [0.2, 0.25) is 6.23 Å². The third-order valence-electron chi connectivity index (χ3n) is 6.25. The maximum Gasteiger partial charge on any atom is 0.214 e. The summed E-state index contributed by atoms with van der Waals surface area (Å²) in [6.07, 6.45) is 3.69. The fourth-order valence-corrected chi connectivity index (χ4v) is 4.89. The third-order valence-corrected chi connectivity index (χ3v) is 6.75. The molecule has 7 heteroatoms. The van der Waals surface area contributed by atoms with Gasteiger partial charge in [0.25, 0.3) is 0 Å². The van der Waals surface area contributed by atoms with Crippen molar-refractivity contribution in [2.45, 2.75) is 51.8 Å². The molecule has 2 aliphatic rings. The minimum atomic E-state index is -0.393. The minimum Gasteiger partial charge on any atom is -0.493 e. The van der Waals surface area contributed by atoms with Crippen LogP contribution in [0.5, 0.6) is 17.2 Å². The highest BCUT2D eigenvalue weighted by atomic mass is 79.9. The molecule has 0 radical (unpaired) electrons. The minimum absolute atomic E-state index is 0.0441. The highest BCUT2D eigenvalue weighted by Gasteiger charge is 2.42. The number of hydrogen-bond acceptors (Lipinski definition) is 6. The Morgan fingerprint density at radius 1 is 1.09 bits per heavy atom. The topological polar surface area (TPSA) is 56.4 Å². The number of hydrogen-bond donors (Lipinski definition) is 0. The van der Waals surface area contributed by atoms with E-state index in [1.165, 1.54) is 0 Å². The Morgan fingerprint density at radius 2 is 1.97 bits per heavy atom. The Hall–Kier alpha value is -2.93. The third kappa shape index (κ3) is 4.41. The monoisotopic (exact) mass is 524 g/mol. The molecular formula is C27H29BrN2O4. The predicted octanol–water partition coefficient (Wildman–Crippen LogP) is 7.17. The molecule has 0 fully saturated rings. The maximum absolute atomic E-state index is 6.50. The number of halogens is 1. The van der Waals surface area contributed by atoms with Gasteiger partial charge in [0.05, 0.1) is 19.8 Å². The van der Waals surface area contributed by atoms with Gasteiger partial charge < -0.3 is 18.6 Å². The second-order valence-corrected chi connectivity index (χ2v) is 9.59. The largest absolute Gasteiger partial charge is 0.493 e. The zero-order chi connectivity index (χ0) is 23.7. The smallest absolute Gasteiger partial charge is 0.214 e. The van der Waals surface area contributed by atoms with Gasteiger partial charge in [-0.1, -0.05) is 35.7 Å². The number of fused-ring (bicyclic) bond motifs is 3. The van der Waals surface area contributed by atoms with Crippen LogP contribution in [0.15, 0.2) is 62.5 Å². The van der Waals surface area contributed by atoms with Gasteiger partial charge in [-0.2, -0.15) is 5.10 Å². The Balaban J connectivity index is 1.49. The van der Waals surface area contributed by atoms with E-state index in [0.29, 0.717) is 12.4 Å². The van der Waals surface area contributed by atoms with Crippen molar-refractivity contribution in [2.24, 2.45) is 5.10 Å². The Kier molecular flexibility index (Phi) is 6.55. The molecule has 0 aliphatic carbocycles. The summed E-state index contributed by atoms with van der Waals surface area (Å²) in [6, 6.07) is 16.1. The summed E-state index contributed by atoms with van der Waals surface area (Å²) in [4.78, 5) is 0. The van der Waals surface area contributed by atoms with E-state index in [1.807, 2.05) is 54.4 Å². The van der Waals surface area contributed by atoms with Crippen LogP contribution in [0, 0.1) is 6.92 Å². The first kappa shape index (κ1) is 22.8. The van der Waals surface area contributed by atoms with E-state index in [4.69, 9.17) is 23.7 Å². The molecule has 0 saturated carbocycles. The average Bonchev–Trinajstić information content (AvgIpc) is 3.48. The van der Waals surface area contributed by atoms with Crippen LogP contribution in [0.4, 0.5) is 0 Å². The Labute approximate surface area is 208 Å². The van der Waals surface area contributed by atoms with E-state index < -0.39 is 6.23 Å². The van der Waals surface area contributed by atoms with Crippen LogP contribution in [-0.4, -0.2) is 24.4 Å².